The first kappa shape index (κ1) is 11.8. The Balaban J connectivity index is 2.01. The van der Waals surface area contributed by atoms with Gasteiger partial charge in [0.2, 0.25) is 0 Å². The maximum absolute atomic E-state index is 4.80. The van der Waals surface area contributed by atoms with Crippen LogP contribution in [0.25, 0.3) is 9.88 Å². The molecule has 2 nitrogen and oxygen atoms in total. The summed E-state index contributed by atoms with van der Waals surface area (Å²) in [4.78, 5) is 7.51. The van der Waals surface area contributed by atoms with Crippen LogP contribution in [0.4, 0.5) is 0 Å². The maximum atomic E-state index is 4.80. The van der Waals surface area contributed by atoms with E-state index in [4.69, 9.17) is 4.98 Å². The molecule has 2 aromatic heterocycles. The van der Waals surface area contributed by atoms with Gasteiger partial charge >= 0.3 is 0 Å². The summed E-state index contributed by atoms with van der Waals surface area (Å²) in [5.41, 5.74) is 1.31. The van der Waals surface area contributed by atoms with Crippen molar-refractivity contribution in [2.45, 2.75) is 25.3 Å². The van der Waals surface area contributed by atoms with E-state index in [1.807, 2.05) is 18.4 Å². The zero-order valence-corrected chi connectivity index (χ0v) is 12.7. The number of thiazole rings is 1. The Morgan fingerprint density at radius 2 is 2.29 bits per heavy atom. The molecule has 2 aromatic rings. The molecule has 0 bridgehead atoms. The molecule has 3 rings (SSSR count). The largest absolute Gasteiger partial charge is 0.312 e. The second kappa shape index (κ2) is 4.80. The third-order valence-corrected chi connectivity index (χ3v) is 6.09. The van der Waals surface area contributed by atoms with Crippen molar-refractivity contribution in [2.75, 3.05) is 7.05 Å². The zero-order valence-electron chi connectivity index (χ0n) is 9.50. The lowest BCUT2D eigenvalue weighted by atomic mass is 9.98. The molecule has 0 spiro atoms. The van der Waals surface area contributed by atoms with Gasteiger partial charge in [0.25, 0.3) is 0 Å². The highest BCUT2D eigenvalue weighted by Crippen LogP contribution is 2.40. The van der Waals surface area contributed by atoms with Crippen LogP contribution in [-0.2, 0) is 6.42 Å². The Morgan fingerprint density at radius 1 is 1.41 bits per heavy atom. The number of hydrogen-bond acceptors (Lipinski definition) is 4. The van der Waals surface area contributed by atoms with E-state index in [1.54, 1.807) is 11.3 Å². The summed E-state index contributed by atoms with van der Waals surface area (Å²) in [6.45, 7) is 0. The summed E-state index contributed by atoms with van der Waals surface area (Å²) in [7, 11) is 2.04. The highest BCUT2D eigenvalue weighted by atomic mass is 79.9. The summed E-state index contributed by atoms with van der Waals surface area (Å²) in [6.07, 6.45) is 3.62. The molecule has 1 unspecified atom stereocenters. The number of thiophene rings is 1. The number of fused-ring (bicyclic) bond motifs is 1. The van der Waals surface area contributed by atoms with E-state index < -0.39 is 0 Å². The van der Waals surface area contributed by atoms with Crippen LogP contribution < -0.4 is 5.32 Å². The molecular formula is C12H13BrN2S2. The highest BCUT2D eigenvalue weighted by Gasteiger charge is 2.23. The van der Waals surface area contributed by atoms with Crippen molar-refractivity contribution >= 4 is 38.6 Å². The second-order valence-electron chi connectivity index (χ2n) is 4.17. The molecule has 90 valence electrons. The third-order valence-electron chi connectivity index (χ3n) is 3.08. The summed E-state index contributed by atoms with van der Waals surface area (Å²) in [6, 6.07) is 4.75. The SMILES string of the molecule is CNC1CCCc2nc(-c3ccc(Br)s3)sc21. The van der Waals surface area contributed by atoms with Crippen molar-refractivity contribution in [3.8, 4) is 9.88 Å². The first-order chi connectivity index (χ1) is 8.28. The Labute approximate surface area is 117 Å². The van der Waals surface area contributed by atoms with Crippen molar-refractivity contribution in [1.29, 1.82) is 0 Å². The van der Waals surface area contributed by atoms with Gasteiger partial charge in [-0.25, -0.2) is 4.98 Å². The van der Waals surface area contributed by atoms with Crippen molar-refractivity contribution in [2.24, 2.45) is 0 Å². The molecule has 0 saturated heterocycles. The van der Waals surface area contributed by atoms with Gasteiger partial charge in [0.15, 0.2) is 0 Å². The van der Waals surface area contributed by atoms with Gasteiger partial charge in [0, 0.05) is 10.9 Å². The number of aryl methyl sites for hydroxylation is 1. The first-order valence-corrected chi connectivity index (χ1v) is 8.13. The van der Waals surface area contributed by atoms with Crippen molar-refractivity contribution in [1.82, 2.24) is 10.3 Å². The fourth-order valence-electron chi connectivity index (χ4n) is 2.23. The molecule has 0 saturated carbocycles. The van der Waals surface area contributed by atoms with E-state index in [2.05, 4.69) is 33.4 Å². The number of nitrogens with zero attached hydrogens (tertiary/aromatic N) is 1. The molecule has 1 aliphatic rings. The normalized spacial score (nSPS) is 19.3. The average Bonchev–Trinajstić information content (AvgIpc) is 2.93. The summed E-state index contributed by atoms with van der Waals surface area (Å²) in [5.74, 6) is 0. The predicted octanol–water partition coefficient (Wildman–Crippen LogP) is 4.23. The lowest BCUT2D eigenvalue weighted by molar-refractivity contribution is 0.501. The third kappa shape index (κ3) is 2.21. The van der Waals surface area contributed by atoms with Crippen LogP contribution in [0, 0.1) is 0 Å². The van der Waals surface area contributed by atoms with Crippen LogP contribution in [-0.4, -0.2) is 12.0 Å². The van der Waals surface area contributed by atoms with Crippen LogP contribution in [0.5, 0.6) is 0 Å². The minimum atomic E-state index is 0.508. The van der Waals surface area contributed by atoms with E-state index >= 15 is 0 Å². The molecule has 0 amide bonds. The maximum Gasteiger partial charge on any atom is 0.133 e. The number of hydrogen-bond donors (Lipinski definition) is 1. The molecule has 0 fully saturated rings. The van der Waals surface area contributed by atoms with Gasteiger partial charge in [0.05, 0.1) is 14.4 Å². The van der Waals surface area contributed by atoms with E-state index in [-0.39, 0.29) is 0 Å². The average molecular weight is 329 g/mol. The molecule has 0 aromatic carbocycles. The van der Waals surface area contributed by atoms with Gasteiger partial charge in [-0.1, -0.05) is 0 Å². The van der Waals surface area contributed by atoms with E-state index in [9.17, 15) is 0 Å². The number of aromatic nitrogens is 1. The van der Waals surface area contributed by atoms with Crippen molar-refractivity contribution < 1.29 is 0 Å². The molecule has 1 N–H and O–H groups in total. The smallest absolute Gasteiger partial charge is 0.133 e. The molecule has 0 radical (unpaired) electrons. The molecule has 1 aliphatic carbocycles. The van der Waals surface area contributed by atoms with E-state index in [0.717, 1.165) is 6.42 Å². The Hall–Kier alpha value is -0.230. The zero-order chi connectivity index (χ0) is 11.8. The molecule has 5 heteroatoms. The van der Waals surface area contributed by atoms with Gasteiger partial charge < -0.3 is 5.32 Å². The molecule has 2 heterocycles. The van der Waals surface area contributed by atoms with Crippen molar-refractivity contribution in [3.05, 3.63) is 26.5 Å². The minimum absolute atomic E-state index is 0.508. The van der Waals surface area contributed by atoms with Crippen LogP contribution in [0.1, 0.15) is 29.5 Å². The number of halogens is 1. The first-order valence-electron chi connectivity index (χ1n) is 5.70. The van der Waals surface area contributed by atoms with E-state index in [1.165, 1.54) is 37.1 Å². The summed E-state index contributed by atoms with van der Waals surface area (Å²) >= 11 is 7.12. The lowest BCUT2D eigenvalue weighted by Gasteiger charge is -2.19. The van der Waals surface area contributed by atoms with Gasteiger partial charge in [-0.05, 0) is 54.4 Å². The number of rotatable bonds is 2. The van der Waals surface area contributed by atoms with Gasteiger partial charge in [-0.15, -0.1) is 22.7 Å². The van der Waals surface area contributed by atoms with E-state index in [0.29, 0.717) is 6.04 Å². The van der Waals surface area contributed by atoms with Crippen LogP contribution in [0.2, 0.25) is 0 Å². The molecular weight excluding hydrogens is 316 g/mol. The van der Waals surface area contributed by atoms with Gasteiger partial charge in [-0.3, -0.25) is 0 Å². The Morgan fingerprint density at radius 3 is 3.00 bits per heavy atom. The number of nitrogens with one attached hydrogen (secondary N) is 1. The molecule has 17 heavy (non-hydrogen) atoms. The second-order valence-corrected chi connectivity index (χ2v) is 7.66. The van der Waals surface area contributed by atoms with Crippen molar-refractivity contribution in [3.63, 3.8) is 0 Å². The quantitative estimate of drug-likeness (QED) is 0.892. The standard InChI is InChI=1S/C12H13BrN2S2/c1-14-7-3-2-4-8-11(7)17-12(15-8)9-5-6-10(13)16-9/h5-7,14H,2-4H2,1H3. The van der Waals surface area contributed by atoms with Crippen LogP contribution in [0.15, 0.2) is 15.9 Å². The summed E-state index contributed by atoms with van der Waals surface area (Å²) in [5, 5.41) is 4.57. The predicted molar refractivity (Wildman–Crippen MR) is 77.9 cm³/mol. The van der Waals surface area contributed by atoms with Gasteiger partial charge in [-0.2, -0.15) is 0 Å². The molecule has 1 atom stereocenters. The van der Waals surface area contributed by atoms with Gasteiger partial charge in [0.1, 0.15) is 5.01 Å². The minimum Gasteiger partial charge on any atom is -0.312 e. The fourth-order valence-corrected chi connectivity index (χ4v) is 4.93. The summed E-state index contributed by atoms with van der Waals surface area (Å²) < 4.78 is 1.17. The molecule has 0 aliphatic heterocycles. The fraction of sp³-hybridized carbons (Fsp3) is 0.417. The van der Waals surface area contributed by atoms with Crippen LogP contribution in [0.3, 0.4) is 0 Å². The Bertz CT molecular complexity index is 532. The Kier molecular flexibility index (Phi) is 3.34. The highest BCUT2D eigenvalue weighted by molar-refractivity contribution is 9.11. The van der Waals surface area contributed by atoms with Crippen LogP contribution >= 0.6 is 38.6 Å². The monoisotopic (exact) mass is 328 g/mol. The lowest BCUT2D eigenvalue weighted by Crippen LogP contribution is -2.19. The topological polar surface area (TPSA) is 24.9 Å².